The molecule has 2 N–H and O–H groups in total. The van der Waals surface area contributed by atoms with Gasteiger partial charge in [-0.25, -0.2) is 22.8 Å². The Hall–Kier alpha value is -2.56. The Kier molecular flexibility index (Phi) is 6.96. The molecule has 1 saturated heterocycles. The first-order valence-corrected chi connectivity index (χ1v) is 13.1. The molecule has 3 heterocycles. The molecule has 1 atom stereocenters. The largest absolute Gasteiger partial charge is 0.381 e. The third-order valence-electron chi connectivity index (χ3n) is 5.85. The number of hydrogen-bond donors (Lipinski definition) is 2. The zero-order chi connectivity index (χ0) is 23.6. The Labute approximate surface area is 197 Å². The van der Waals surface area contributed by atoms with Gasteiger partial charge in [-0.15, -0.1) is 0 Å². The number of hydrogen-bond acceptors (Lipinski definition) is 7. The maximum atomic E-state index is 14.0. The predicted molar refractivity (Wildman–Crippen MR) is 129 cm³/mol. The number of halogens is 1. The smallest absolute Gasteiger partial charge is 0.263 e. The van der Waals surface area contributed by atoms with Crippen LogP contribution < -0.4 is 10.0 Å². The van der Waals surface area contributed by atoms with Gasteiger partial charge in [-0.05, 0) is 68.9 Å². The van der Waals surface area contributed by atoms with E-state index in [2.05, 4.69) is 26.9 Å². The van der Waals surface area contributed by atoms with E-state index >= 15 is 0 Å². The first-order chi connectivity index (χ1) is 15.7. The van der Waals surface area contributed by atoms with Gasteiger partial charge in [0, 0.05) is 25.5 Å². The van der Waals surface area contributed by atoms with E-state index in [4.69, 9.17) is 4.74 Å². The fraction of sp³-hybridized carbons (Fsp3) is 0.391. The average molecular weight is 491 g/mol. The van der Waals surface area contributed by atoms with Crippen molar-refractivity contribution >= 4 is 32.3 Å². The molecule has 4 rings (SSSR count). The van der Waals surface area contributed by atoms with Gasteiger partial charge in [0.15, 0.2) is 16.8 Å². The minimum absolute atomic E-state index is 0.0722. The number of sulfonamides is 1. The first kappa shape index (κ1) is 23.6. The molecule has 10 heteroatoms. The molecule has 0 amide bonds. The number of nitrogens with one attached hydrogen (secondary N) is 2. The summed E-state index contributed by atoms with van der Waals surface area (Å²) in [4.78, 5) is 9.42. The van der Waals surface area contributed by atoms with Crippen LogP contribution in [0.25, 0.3) is 10.4 Å². The standard InChI is InChI=1S/C23H27FN4O3S2/c1-14-6-7-18(13-20(14)33(29,30)28-22-19(24)5-4-10-25-22)21-16(3)27-23(32-21)26-15(2)17-8-11-31-12-9-17/h4-7,10,13,15,17H,8-9,11-12H2,1-3H3,(H,25,28)(H,26,27). The maximum absolute atomic E-state index is 14.0. The van der Waals surface area contributed by atoms with Crippen LogP contribution >= 0.6 is 11.3 Å². The summed E-state index contributed by atoms with van der Waals surface area (Å²) < 4.78 is 47.7. The Balaban J connectivity index is 1.59. The van der Waals surface area contributed by atoms with Crippen molar-refractivity contribution < 1.29 is 17.5 Å². The van der Waals surface area contributed by atoms with Gasteiger partial charge in [-0.1, -0.05) is 23.5 Å². The molecule has 1 aliphatic rings. The first-order valence-electron chi connectivity index (χ1n) is 10.8. The Bertz CT molecular complexity index is 1240. The fourth-order valence-corrected chi connectivity index (χ4v) is 6.28. The second-order valence-corrected chi connectivity index (χ2v) is 10.9. The summed E-state index contributed by atoms with van der Waals surface area (Å²) in [6.07, 6.45) is 3.38. The second kappa shape index (κ2) is 9.74. The second-order valence-electron chi connectivity index (χ2n) is 8.24. The van der Waals surface area contributed by atoms with Gasteiger partial charge in [0.05, 0.1) is 15.5 Å². The quantitative estimate of drug-likeness (QED) is 0.485. The SMILES string of the molecule is Cc1ccc(-c2sc(NC(C)C3CCOCC3)nc2C)cc1S(=O)(=O)Nc1ncccc1F. The van der Waals surface area contributed by atoms with Crippen LogP contribution in [0, 0.1) is 25.6 Å². The summed E-state index contributed by atoms with van der Waals surface area (Å²) >= 11 is 1.50. The van der Waals surface area contributed by atoms with Gasteiger partial charge in [-0.3, -0.25) is 4.72 Å². The van der Waals surface area contributed by atoms with Gasteiger partial charge >= 0.3 is 0 Å². The molecule has 0 saturated carbocycles. The summed E-state index contributed by atoms with van der Waals surface area (Å²) in [6.45, 7) is 7.35. The topological polar surface area (TPSA) is 93.2 Å². The van der Waals surface area contributed by atoms with Crippen molar-refractivity contribution in [3.8, 4) is 10.4 Å². The molecule has 1 aromatic carbocycles. The highest BCUT2D eigenvalue weighted by atomic mass is 32.2. The zero-order valence-electron chi connectivity index (χ0n) is 18.8. The third-order valence-corrected chi connectivity index (χ3v) is 8.47. The van der Waals surface area contributed by atoms with Crippen molar-refractivity contribution in [3.05, 3.63) is 53.6 Å². The maximum Gasteiger partial charge on any atom is 0.263 e. The highest BCUT2D eigenvalue weighted by Gasteiger charge is 2.23. The molecule has 3 aromatic rings. The van der Waals surface area contributed by atoms with E-state index in [1.165, 1.54) is 23.6 Å². The van der Waals surface area contributed by atoms with Crippen LogP contribution in [0.1, 0.15) is 31.0 Å². The molecule has 7 nitrogen and oxygen atoms in total. The molecule has 33 heavy (non-hydrogen) atoms. The molecule has 0 aliphatic carbocycles. The minimum Gasteiger partial charge on any atom is -0.381 e. The van der Waals surface area contributed by atoms with E-state index in [0.717, 1.165) is 53.4 Å². The highest BCUT2D eigenvalue weighted by molar-refractivity contribution is 7.92. The molecule has 1 unspecified atom stereocenters. The minimum atomic E-state index is -4.03. The number of thiazole rings is 1. The van der Waals surface area contributed by atoms with Crippen molar-refractivity contribution in [3.63, 3.8) is 0 Å². The van der Waals surface area contributed by atoms with Crippen LogP contribution in [0.3, 0.4) is 0 Å². The van der Waals surface area contributed by atoms with Gasteiger partial charge in [-0.2, -0.15) is 0 Å². The predicted octanol–water partition coefficient (Wildman–Crippen LogP) is 4.99. The van der Waals surface area contributed by atoms with Crippen LogP contribution in [0.4, 0.5) is 15.3 Å². The summed E-state index contributed by atoms with van der Waals surface area (Å²) in [5.41, 5.74) is 2.11. The van der Waals surface area contributed by atoms with E-state index in [1.54, 1.807) is 19.1 Å². The van der Waals surface area contributed by atoms with E-state index in [1.807, 2.05) is 13.0 Å². The van der Waals surface area contributed by atoms with Crippen LogP contribution in [-0.2, 0) is 14.8 Å². The number of benzene rings is 1. The highest BCUT2D eigenvalue weighted by Crippen LogP contribution is 2.36. The summed E-state index contributed by atoms with van der Waals surface area (Å²) in [5, 5.41) is 4.31. The zero-order valence-corrected chi connectivity index (χ0v) is 20.4. The molecule has 0 spiro atoms. The van der Waals surface area contributed by atoms with Gasteiger partial charge in [0.25, 0.3) is 10.0 Å². The van der Waals surface area contributed by atoms with Crippen molar-refractivity contribution in [2.45, 2.75) is 44.6 Å². The van der Waals surface area contributed by atoms with Crippen molar-refractivity contribution in [1.29, 1.82) is 0 Å². The van der Waals surface area contributed by atoms with Gasteiger partial charge in [0.1, 0.15) is 0 Å². The molecular formula is C23H27FN4O3S2. The van der Waals surface area contributed by atoms with Crippen LogP contribution in [0.15, 0.2) is 41.4 Å². The lowest BCUT2D eigenvalue weighted by molar-refractivity contribution is 0.0622. The normalized spacial score (nSPS) is 15.9. The summed E-state index contributed by atoms with van der Waals surface area (Å²) in [5.74, 6) is -0.534. The molecule has 176 valence electrons. The number of anilines is 2. The lowest BCUT2D eigenvalue weighted by Gasteiger charge is -2.28. The van der Waals surface area contributed by atoms with Gasteiger partial charge in [0.2, 0.25) is 0 Å². The number of rotatable bonds is 7. The van der Waals surface area contributed by atoms with Crippen molar-refractivity contribution in [2.24, 2.45) is 5.92 Å². The van der Waals surface area contributed by atoms with Gasteiger partial charge < -0.3 is 10.1 Å². The van der Waals surface area contributed by atoms with Crippen LogP contribution in [-0.4, -0.2) is 37.6 Å². The number of aryl methyl sites for hydroxylation is 2. The van der Waals surface area contributed by atoms with E-state index in [-0.39, 0.29) is 16.8 Å². The number of aromatic nitrogens is 2. The molecule has 1 aliphatic heterocycles. The molecule has 1 fully saturated rings. The number of nitrogens with zero attached hydrogens (tertiary/aromatic N) is 2. The average Bonchev–Trinajstić information content (AvgIpc) is 3.16. The van der Waals surface area contributed by atoms with Crippen LogP contribution in [0.5, 0.6) is 0 Å². The Morgan fingerprint density at radius 3 is 2.70 bits per heavy atom. The number of ether oxygens (including phenoxy) is 1. The van der Waals surface area contributed by atoms with E-state index < -0.39 is 15.8 Å². The lowest BCUT2D eigenvalue weighted by Crippen LogP contribution is -2.30. The lowest BCUT2D eigenvalue weighted by atomic mass is 9.93. The molecule has 0 bridgehead atoms. The fourth-order valence-electron chi connectivity index (χ4n) is 3.93. The van der Waals surface area contributed by atoms with Crippen molar-refractivity contribution in [2.75, 3.05) is 23.3 Å². The third kappa shape index (κ3) is 5.34. The van der Waals surface area contributed by atoms with E-state index in [0.29, 0.717) is 11.5 Å². The molecular weight excluding hydrogens is 463 g/mol. The molecule has 2 aromatic heterocycles. The van der Waals surface area contributed by atoms with Crippen LogP contribution in [0.2, 0.25) is 0 Å². The summed E-state index contributed by atoms with van der Waals surface area (Å²) in [7, 11) is -4.03. The summed E-state index contributed by atoms with van der Waals surface area (Å²) in [6, 6.07) is 8.05. The van der Waals surface area contributed by atoms with E-state index in [9.17, 15) is 12.8 Å². The monoisotopic (exact) mass is 490 g/mol. The molecule has 0 radical (unpaired) electrons. The Morgan fingerprint density at radius 2 is 1.97 bits per heavy atom. The van der Waals surface area contributed by atoms with Crippen molar-refractivity contribution in [1.82, 2.24) is 9.97 Å². The number of pyridine rings is 1. The Morgan fingerprint density at radius 1 is 1.21 bits per heavy atom.